The summed E-state index contributed by atoms with van der Waals surface area (Å²) < 4.78 is -1.57. The molecule has 1 aromatic rings. The summed E-state index contributed by atoms with van der Waals surface area (Å²) in [5.41, 5.74) is 0.454. The Hall–Kier alpha value is -0.190. The Morgan fingerprint density at radius 2 is 1.82 bits per heavy atom. The van der Waals surface area contributed by atoms with Crippen molar-refractivity contribution in [2.75, 3.05) is 7.05 Å². The van der Waals surface area contributed by atoms with E-state index in [4.69, 9.17) is 46.4 Å². The monoisotopic (exact) mass is 315 g/mol. The number of halogens is 4. The summed E-state index contributed by atoms with van der Waals surface area (Å²) in [7, 11) is 1.70. The van der Waals surface area contributed by atoms with Crippen LogP contribution in [0.5, 0.6) is 0 Å². The molecule has 17 heavy (non-hydrogen) atoms. The van der Waals surface area contributed by atoms with Crippen molar-refractivity contribution in [2.45, 2.75) is 9.96 Å². The highest BCUT2D eigenvalue weighted by Gasteiger charge is 2.36. The predicted molar refractivity (Wildman–Crippen MR) is 70.8 cm³/mol. The number of carbonyl (C=O) groups excluding carboxylic acids is 1. The summed E-state index contributed by atoms with van der Waals surface area (Å²) in [6, 6.07) is 6.44. The third-order valence-electron chi connectivity index (χ3n) is 2.08. The van der Waals surface area contributed by atoms with Crippen LogP contribution in [-0.2, 0) is 0 Å². The number of benzene rings is 1. The van der Waals surface area contributed by atoms with Gasteiger partial charge in [0.15, 0.2) is 0 Å². The molecule has 0 unspecified atom stereocenters. The molecule has 0 radical (unpaired) electrons. The molecule has 0 saturated heterocycles. The Morgan fingerprint density at radius 3 is 2.24 bits per heavy atom. The highest BCUT2D eigenvalue weighted by molar-refractivity contribution is 6.68. The minimum absolute atomic E-state index is 0.323. The van der Waals surface area contributed by atoms with Gasteiger partial charge in [0.1, 0.15) is 0 Å². The largest absolute Gasteiger partial charge is 0.326 e. The molecule has 1 atom stereocenters. The lowest BCUT2D eigenvalue weighted by Gasteiger charge is -2.21. The zero-order valence-electron chi connectivity index (χ0n) is 8.88. The number of carbonyl (C=O) groups is 1. The summed E-state index contributed by atoms with van der Waals surface area (Å²) in [4.78, 5) is 11.8. The fourth-order valence-corrected chi connectivity index (χ4v) is 1.85. The van der Waals surface area contributed by atoms with Gasteiger partial charge in [-0.15, -0.1) is 0 Å². The fourth-order valence-electron chi connectivity index (χ4n) is 1.18. The molecule has 0 aliphatic carbocycles. The summed E-state index contributed by atoms with van der Waals surface area (Å²) in [6.45, 7) is 0. The molecule has 7 heteroatoms. The number of quaternary nitrogens is 1. The lowest BCUT2D eigenvalue weighted by molar-refractivity contribution is -0.666. The zero-order valence-corrected chi connectivity index (χ0v) is 11.9. The summed E-state index contributed by atoms with van der Waals surface area (Å²) in [5, 5.41) is 4.78. The van der Waals surface area contributed by atoms with Gasteiger partial charge in [0.05, 0.1) is 7.05 Å². The van der Waals surface area contributed by atoms with Crippen LogP contribution < -0.4 is 10.6 Å². The number of alkyl halides is 3. The lowest BCUT2D eigenvalue weighted by Crippen LogP contribution is -2.93. The zero-order chi connectivity index (χ0) is 13.1. The van der Waals surface area contributed by atoms with Crippen LogP contribution in [0.3, 0.4) is 0 Å². The van der Waals surface area contributed by atoms with Crippen molar-refractivity contribution in [2.24, 2.45) is 0 Å². The van der Waals surface area contributed by atoms with E-state index < -0.39 is 9.96 Å². The van der Waals surface area contributed by atoms with E-state index in [1.54, 1.807) is 36.6 Å². The smallest absolute Gasteiger partial charge is 0.262 e. The Balaban J connectivity index is 2.75. The van der Waals surface area contributed by atoms with Crippen LogP contribution in [0.15, 0.2) is 24.3 Å². The first-order chi connectivity index (χ1) is 7.84. The second-order valence-electron chi connectivity index (χ2n) is 3.33. The Bertz CT molecular complexity index is 388. The molecule has 0 aliphatic rings. The average molecular weight is 317 g/mol. The molecule has 0 heterocycles. The Labute approximate surface area is 119 Å². The molecule has 0 bridgehead atoms. The average Bonchev–Trinajstić information content (AvgIpc) is 2.24. The number of nitrogens with one attached hydrogen (secondary N) is 1. The van der Waals surface area contributed by atoms with Gasteiger partial charge in [-0.05, 0) is 24.3 Å². The summed E-state index contributed by atoms with van der Waals surface area (Å²) >= 11 is 22.9. The third kappa shape index (κ3) is 4.53. The van der Waals surface area contributed by atoms with Gasteiger partial charge >= 0.3 is 0 Å². The van der Waals surface area contributed by atoms with E-state index in [9.17, 15) is 4.79 Å². The first-order valence-corrected chi connectivity index (χ1v) is 6.28. The first kappa shape index (κ1) is 14.9. The molecule has 1 amide bonds. The highest BCUT2D eigenvalue weighted by Crippen LogP contribution is 2.27. The Kier molecular flexibility index (Phi) is 5.35. The van der Waals surface area contributed by atoms with E-state index in [2.05, 4.69) is 5.32 Å². The van der Waals surface area contributed by atoms with E-state index in [0.29, 0.717) is 10.6 Å². The van der Waals surface area contributed by atoms with E-state index in [-0.39, 0.29) is 5.91 Å². The van der Waals surface area contributed by atoms with Crippen molar-refractivity contribution in [3.63, 3.8) is 0 Å². The minimum atomic E-state index is -1.57. The molecular weight excluding hydrogens is 306 g/mol. The van der Waals surface area contributed by atoms with Crippen molar-refractivity contribution in [3.8, 4) is 0 Å². The standard InChI is InChI=1S/C10H10Cl4N2O/c1-15-9(10(12,13)14)16-8(17)6-2-4-7(11)5-3-6/h2-5,9,15H,1H3,(H,16,17)/p+1/t9-/m1/s1. The van der Waals surface area contributed by atoms with Crippen molar-refractivity contribution >= 4 is 52.3 Å². The van der Waals surface area contributed by atoms with Gasteiger partial charge in [-0.3, -0.25) is 10.1 Å². The molecule has 1 rings (SSSR count). The highest BCUT2D eigenvalue weighted by atomic mass is 35.6. The van der Waals surface area contributed by atoms with E-state index >= 15 is 0 Å². The second-order valence-corrected chi connectivity index (χ2v) is 6.14. The van der Waals surface area contributed by atoms with Crippen LogP contribution in [0.25, 0.3) is 0 Å². The molecule has 3 nitrogen and oxygen atoms in total. The maximum Gasteiger partial charge on any atom is 0.262 e. The molecule has 0 aromatic heterocycles. The quantitative estimate of drug-likeness (QED) is 0.650. The van der Waals surface area contributed by atoms with Crippen molar-refractivity contribution < 1.29 is 10.1 Å². The van der Waals surface area contributed by atoms with E-state index in [1.807, 2.05) is 0 Å². The van der Waals surface area contributed by atoms with Gasteiger partial charge in [-0.1, -0.05) is 46.4 Å². The van der Waals surface area contributed by atoms with Crippen LogP contribution in [0.2, 0.25) is 5.02 Å². The molecule has 94 valence electrons. The molecular formula is C10H11Cl4N2O+. The summed E-state index contributed by atoms with van der Waals surface area (Å²) in [6.07, 6.45) is -0.657. The van der Waals surface area contributed by atoms with Gasteiger partial charge in [-0.2, -0.15) is 0 Å². The molecule has 1 aromatic carbocycles. The third-order valence-corrected chi connectivity index (χ3v) is 3.04. The maximum absolute atomic E-state index is 11.8. The number of rotatable bonds is 3. The molecule has 0 spiro atoms. The molecule has 0 fully saturated rings. The van der Waals surface area contributed by atoms with Crippen LogP contribution in [0, 0.1) is 0 Å². The van der Waals surface area contributed by atoms with Gasteiger partial charge in [0.2, 0.25) is 6.17 Å². The minimum Gasteiger partial charge on any atom is -0.326 e. The fraction of sp³-hybridized carbons (Fsp3) is 0.300. The van der Waals surface area contributed by atoms with Crippen LogP contribution >= 0.6 is 46.4 Å². The van der Waals surface area contributed by atoms with Crippen molar-refractivity contribution in [3.05, 3.63) is 34.9 Å². The lowest BCUT2D eigenvalue weighted by atomic mass is 10.2. The number of hydrogen-bond acceptors (Lipinski definition) is 1. The topological polar surface area (TPSA) is 45.7 Å². The predicted octanol–water partition coefficient (Wildman–Crippen LogP) is 1.96. The Morgan fingerprint density at radius 1 is 1.29 bits per heavy atom. The number of amides is 1. The molecule has 0 saturated carbocycles. The number of nitrogens with two attached hydrogens (primary N) is 1. The van der Waals surface area contributed by atoms with Crippen molar-refractivity contribution in [1.29, 1.82) is 0 Å². The van der Waals surface area contributed by atoms with Gasteiger partial charge in [0, 0.05) is 10.6 Å². The van der Waals surface area contributed by atoms with Gasteiger partial charge in [0.25, 0.3) is 9.70 Å². The molecule has 3 N–H and O–H groups in total. The van der Waals surface area contributed by atoms with Crippen molar-refractivity contribution in [1.82, 2.24) is 5.32 Å². The summed E-state index contributed by atoms with van der Waals surface area (Å²) in [5.74, 6) is -0.323. The second kappa shape index (κ2) is 6.12. The number of hydrogen-bond donors (Lipinski definition) is 2. The van der Waals surface area contributed by atoms with Crippen LogP contribution in [0.1, 0.15) is 10.4 Å². The first-order valence-electron chi connectivity index (χ1n) is 4.77. The van der Waals surface area contributed by atoms with Gasteiger partial charge < -0.3 is 5.32 Å². The van der Waals surface area contributed by atoms with E-state index in [0.717, 1.165) is 0 Å². The maximum atomic E-state index is 11.8. The molecule has 0 aliphatic heterocycles. The van der Waals surface area contributed by atoms with Crippen LogP contribution in [0.4, 0.5) is 0 Å². The van der Waals surface area contributed by atoms with Gasteiger partial charge in [-0.25, -0.2) is 0 Å². The van der Waals surface area contributed by atoms with E-state index in [1.165, 1.54) is 0 Å². The normalized spacial score (nSPS) is 13.2. The SMILES string of the molecule is C[NH2+][C@H](NC(=O)c1ccc(Cl)cc1)C(Cl)(Cl)Cl. The van der Waals surface area contributed by atoms with Crippen LogP contribution in [-0.4, -0.2) is 22.9 Å².